The molecular weight excluding hydrogens is 458 g/mol. The standard InChI is InChI=1S/C28H37N3O3S/c1-29(2)28(24-10-5-4-6-11-24)17-15-27(16-18-28)21-30(26(32)31(27)19-22-13-14-22)25-12-8-7-9-23(25)20-35(3,33)34/h4-12,22H,13-21H2,1-3H3/t27-,28+. The maximum atomic E-state index is 13.9. The molecule has 6 nitrogen and oxygen atoms in total. The summed E-state index contributed by atoms with van der Waals surface area (Å²) in [4.78, 5) is 20.3. The van der Waals surface area contributed by atoms with Crippen LogP contribution < -0.4 is 4.90 Å². The second-order valence-corrected chi connectivity index (χ2v) is 13.3. The fourth-order valence-electron chi connectivity index (χ4n) is 6.29. The molecule has 0 bridgehead atoms. The predicted octanol–water partition coefficient (Wildman–Crippen LogP) is 4.65. The van der Waals surface area contributed by atoms with Gasteiger partial charge in [0.05, 0.1) is 17.8 Å². The summed E-state index contributed by atoms with van der Waals surface area (Å²) in [5.41, 5.74) is 2.53. The summed E-state index contributed by atoms with van der Waals surface area (Å²) in [5.74, 6) is 0.539. The molecule has 1 saturated heterocycles. The van der Waals surface area contributed by atoms with E-state index in [0.29, 0.717) is 18.0 Å². The third-order valence-electron chi connectivity index (χ3n) is 8.50. The predicted molar refractivity (Wildman–Crippen MR) is 140 cm³/mol. The Balaban J connectivity index is 1.47. The second kappa shape index (κ2) is 8.93. The number of rotatable bonds is 7. The lowest BCUT2D eigenvalue weighted by molar-refractivity contribution is 0.0249. The SMILES string of the molecule is CN(C)[C@]1(c2ccccc2)CC[C@]2(CC1)CN(c1ccccc1CS(C)(=O)=O)C(=O)N2CC1CC1. The van der Waals surface area contributed by atoms with Gasteiger partial charge in [-0.15, -0.1) is 0 Å². The van der Waals surface area contributed by atoms with Crippen LogP contribution in [0.4, 0.5) is 10.5 Å². The third-order valence-corrected chi connectivity index (χ3v) is 9.34. The van der Waals surface area contributed by atoms with Gasteiger partial charge >= 0.3 is 6.03 Å². The van der Waals surface area contributed by atoms with Gasteiger partial charge in [0.2, 0.25) is 0 Å². The molecule has 1 spiro atoms. The van der Waals surface area contributed by atoms with Crippen molar-refractivity contribution in [3.8, 4) is 0 Å². The molecule has 1 heterocycles. The van der Waals surface area contributed by atoms with Gasteiger partial charge in [-0.1, -0.05) is 48.5 Å². The number of hydrogen-bond donors (Lipinski definition) is 0. The minimum Gasteiger partial charge on any atom is -0.317 e. The van der Waals surface area contributed by atoms with Crippen molar-refractivity contribution in [2.45, 2.75) is 55.4 Å². The van der Waals surface area contributed by atoms with E-state index < -0.39 is 9.84 Å². The minimum absolute atomic E-state index is 0.0370. The number of carbonyl (C=O) groups is 1. The van der Waals surface area contributed by atoms with E-state index in [4.69, 9.17) is 0 Å². The number of urea groups is 1. The zero-order valence-electron chi connectivity index (χ0n) is 21.1. The summed E-state index contributed by atoms with van der Waals surface area (Å²) in [7, 11) is 1.12. The van der Waals surface area contributed by atoms with Gasteiger partial charge in [-0.05, 0) is 75.7 Å². The lowest BCUT2D eigenvalue weighted by Gasteiger charge is -2.51. The first kappa shape index (κ1) is 24.3. The van der Waals surface area contributed by atoms with E-state index in [1.165, 1.54) is 24.7 Å². The van der Waals surface area contributed by atoms with Gasteiger partial charge in [-0.2, -0.15) is 0 Å². The van der Waals surface area contributed by atoms with E-state index in [1.54, 1.807) is 0 Å². The fraction of sp³-hybridized carbons (Fsp3) is 0.536. The molecule has 2 aromatic carbocycles. The van der Waals surface area contributed by atoms with Gasteiger partial charge in [0.15, 0.2) is 9.84 Å². The monoisotopic (exact) mass is 495 g/mol. The normalized spacial score (nSPS) is 27.3. The van der Waals surface area contributed by atoms with E-state index in [9.17, 15) is 13.2 Å². The van der Waals surface area contributed by atoms with Crippen molar-refractivity contribution in [1.29, 1.82) is 0 Å². The molecule has 3 aliphatic rings. The lowest BCUT2D eigenvalue weighted by atomic mass is 9.68. The zero-order valence-corrected chi connectivity index (χ0v) is 21.9. The van der Waals surface area contributed by atoms with Crippen LogP contribution in [-0.4, -0.2) is 63.2 Å². The third kappa shape index (κ3) is 4.60. The Bertz CT molecular complexity index is 1180. The Hall–Kier alpha value is -2.38. The first-order valence-corrected chi connectivity index (χ1v) is 14.8. The van der Waals surface area contributed by atoms with Crippen LogP contribution in [0, 0.1) is 5.92 Å². The van der Waals surface area contributed by atoms with Gasteiger partial charge in [0.1, 0.15) is 0 Å². The molecular formula is C28H37N3O3S. The highest BCUT2D eigenvalue weighted by Gasteiger charge is 2.55. The van der Waals surface area contributed by atoms with E-state index >= 15 is 0 Å². The molecule has 3 fully saturated rings. The van der Waals surface area contributed by atoms with E-state index in [2.05, 4.69) is 54.2 Å². The van der Waals surface area contributed by atoms with Crippen molar-refractivity contribution >= 4 is 21.6 Å². The molecule has 1 aliphatic heterocycles. The molecule has 0 aromatic heterocycles. The van der Waals surface area contributed by atoms with Gasteiger partial charge in [-0.25, -0.2) is 13.2 Å². The molecule has 0 unspecified atom stereocenters. The molecule has 5 rings (SSSR count). The van der Waals surface area contributed by atoms with Crippen LogP contribution >= 0.6 is 0 Å². The molecule has 2 aromatic rings. The Morgan fingerprint density at radius 3 is 2.17 bits per heavy atom. The summed E-state index contributed by atoms with van der Waals surface area (Å²) >= 11 is 0. The van der Waals surface area contributed by atoms with Crippen LogP contribution in [0.25, 0.3) is 0 Å². The first-order valence-electron chi connectivity index (χ1n) is 12.7. The Morgan fingerprint density at radius 2 is 1.57 bits per heavy atom. The average molecular weight is 496 g/mol. The maximum absolute atomic E-state index is 13.9. The second-order valence-electron chi connectivity index (χ2n) is 11.1. The number of sulfone groups is 1. The van der Waals surface area contributed by atoms with Crippen LogP contribution in [0.1, 0.15) is 49.7 Å². The quantitative estimate of drug-likeness (QED) is 0.561. The average Bonchev–Trinajstić information content (AvgIpc) is 3.61. The van der Waals surface area contributed by atoms with Crippen molar-refractivity contribution in [3.05, 3.63) is 65.7 Å². The summed E-state index contributed by atoms with van der Waals surface area (Å²) in [6, 6.07) is 18.3. The molecule has 2 amide bonds. The van der Waals surface area contributed by atoms with Crippen molar-refractivity contribution in [2.75, 3.05) is 38.3 Å². The Labute approximate surface area is 209 Å². The van der Waals surface area contributed by atoms with Crippen molar-refractivity contribution < 1.29 is 13.2 Å². The number of hydrogen-bond acceptors (Lipinski definition) is 4. The van der Waals surface area contributed by atoms with Crippen molar-refractivity contribution in [2.24, 2.45) is 5.92 Å². The van der Waals surface area contributed by atoms with E-state index in [1.807, 2.05) is 29.2 Å². The van der Waals surface area contributed by atoms with Gasteiger partial charge in [0, 0.05) is 24.0 Å². The van der Waals surface area contributed by atoms with Gasteiger partial charge in [0.25, 0.3) is 0 Å². The van der Waals surface area contributed by atoms with Crippen LogP contribution in [0.5, 0.6) is 0 Å². The van der Waals surface area contributed by atoms with Crippen molar-refractivity contribution in [3.63, 3.8) is 0 Å². The number of anilines is 1. The van der Waals surface area contributed by atoms with Crippen LogP contribution in [0.15, 0.2) is 54.6 Å². The van der Waals surface area contributed by atoms with Crippen molar-refractivity contribution in [1.82, 2.24) is 9.80 Å². The molecule has 0 atom stereocenters. The summed E-state index contributed by atoms with van der Waals surface area (Å²) in [5, 5.41) is 0. The van der Waals surface area contributed by atoms with Crippen LogP contribution in [0.3, 0.4) is 0 Å². The Morgan fingerprint density at radius 1 is 0.943 bits per heavy atom. The maximum Gasteiger partial charge on any atom is 0.325 e. The van der Waals surface area contributed by atoms with Crippen LogP contribution in [-0.2, 0) is 21.1 Å². The summed E-state index contributed by atoms with van der Waals surface area (Å²) in [6.07, 6.45) is 7.47. The smallest absolute Gasteiger partial charge is 0.317 e. The lowest BCUT2D eigenvalue weighted by Crippen LogP contribution is -2.55. The molecule has 2 saturated carbocycles. The summed E-state index contributed by atoms with van der Waals surface area (Å²) in [6.45, 7) is 1.43. The zero-order chi connectivity index (χ0) is 24.8. The van der Waals surface area contributed by atoms with Gasteiger partial charge < -0.3 is 4.90 Å². The molecule has 188 valence electrons. The highest BCUT2D eigenvalue weighted by atomic mass is 32.2. The highest BCUT2D eigenvalue weighted by molar-refractivity contribution is 7.89. The Kier molecular flexibility index (Phi) is 6.20. The molecule has 2 aliphatic carbocycles. The number of nitrogens with zero attached hydrogens (tertiary/aromatic N) is 3. The minimum atomic E-state index is -3.22. The molecule has 0 radical (unpaired) electrons. The topological polar surface area (TPSA) is 60.9 Å². The number of amides is 2. The van der Waals surface area contributed by atoms with Gasteiger partial charge in [-0.3, -0.25) is 9.80 Å². The number of para-hydroxylation sites is 1. The first-order chi connectivity index (χ1) is 16.6. The van der Waals surface area contributed by atoms with E-state index in [-0.39, 0.29) is 22.9 Å². The highest BCUT2D eigenvalue weighted by Crippen LogP contribution is 2.50. The number of benzene rings is 2. The molecule has 35 heavy (non-hydrogen) atoms. The molecule has 0 N–H and O–H groups in total. The summed E-state index contributed by atoms with van der Waals surface area (Å²) < 4.78 is 24.2. The fourth-order valence-corrected chi connectivity index (χ4v) is 7.10. The van der Waals surface area contributed by atoms with E-state index in [0.717, 1.165) is 37.9 Å². The largest absolute Gasteiger partial charge is 0.325 e. The van der Waals surface area contributed by atoms with Crippen LogP contribution in [0.2, 0.25) is 0 Å². The number of carbonyl (C=O) groups excluding carboxylic acids is 1. The molecule has 7 heteroatoms.